The molecule has 0 radical (unpaired) electrons. The van der Waals surface area contributed by atoms with E-state index in [0.29, 0.717) is 19.8 Å². The third kappa shape index (κ3) is 5.01. The van der Waals surface area contributed by atoms with Crippen LogP contribution >= 0.6 is 0 Å². The van der Waals surface area contributed by atoms with Crippen molar-refractivity contribution in [3.63, 3.8) is 0 Å². The summed E-state index contributed by atoms with van der Waals surface area (Å²) in [4.78, 5) is 11.9. The van der Waals surface area contributed by atoms with Gasteiger partial charge in [0, 0.05) is 25.1 Å². The predicted octanol–water partition coefficient (Wildman–Crippen LogP) is 1.82. The van der Waals surface area contributed by atoms with E-state index in [-0.39, 0.29) is 17.9 Å². The van der Waals surface area contributed by atoms with E-state index in [1.54, 1.807) is 0 Å². The summed E-state index contributed by atoms with van der Waals surface area (Å²) in [7, 11) is 0. The zero-order valence-electron chi connectivity index (χ0n) is 12.0. The highest BCUT2D eigenvalue weighted by Gasteiger charge is 2.16. The molecule has 4 heteroatoms. The molecule has 1 aromatic carbocycles. The van der Waals surface area contributed by atoms with Gasteiger partial charge in [-0.2, -0.15) is 0 Å². The number of nitrogens with one attached hydrogen (secondary N) is 1. The third-order valence-corrected chi connectivity index (χ3v) is 3.24. The molecular weight excluding hydrogens is 240 g/mol. The van der Waals surface area contributed by atoms with Crippen molar-refractivity contribution in [2.24, 2.45) is 11.7 Å². The number of rotatable bonds is 7. The van der Waals surface area contributed by atoms with Gasteiger partial charge in [0.25, 0.3) is 0 Å². The van der Waals surface area contributed by atoms with Crippen molar-refractivity contribution in [3.05, 3.63) is 35.4 Å². The minimum atomic E-state index is -0.181. The fourth-order valence-electron chi connectivity index (χ4n) is 1.66. The molecule has 0 fully saturated rings. The first kappa shape index (κ1) is 15.7. The molecule has 0 aliphatic carbocycles. The van der Waals surface area contributed by atoms with Crippen LogP contribution in [-0.2, 0) is 22.7 Å². The van der Waals surface area contributed by atoms with Crippen LogP contribution < -0.4 is 11.1 Å². The molecule has 106 valence electrons. The summed E-state index contributed by atoms with van der Waals surface area (Å²) in [6.45, 7) is 7.42. The Morgan fingerprint density at radius 1 is 1.32 bits per heavy atom. The Labute approximate surface area is 115 Å². The van der Waals surface area contributed by atoms with Gasteiger partial charge in [0.05, 0.1) is 6.61 Å². The van der Waals surface area contributed by atoms with Gasteiger partial charge in [0.2, 0.25) is 5.91 Å². The van der Waals surface area contributed by atoms with Crippen molar-refractivity contribution in [1.29, 1.82) is 0 Å². The molecule has 0 aliphatic heterocycles. The minimum absolute atomic E-state index is 0.0128. The van der Waals surface area contributed by atoms with E-state index in [2.05, 4.69) is 5.32 Å². The second kappa shape index (κ2) is 7.92. The molecule has 0 aromatic heterocycles. The molecule has 1 rings (SSSR count). The van der Waals surface area contributed by atoms with Gasteiger partial charge in [-0.3, -0.25) is 4.79 Å². The van der Waals surface area contributed by atoms with Crippen molar-refractivity contribution in [2.45, 2.75) is 40.0 Å². The molecule has 2 atom stereocenters. The topological polar surface area (TPSA) is 64.3 Å². The number of ether oxygens (including phenoxy) is 1. The van der Waals surface area contributed by atoms with Crippen LogP contribution in [0.4, 0.5) is 0 Å². The van der Waals surface area contributed by atoms with E-state index < -0.39 is 0 Å². The number of amides is 1. The van der Waals surface area contributed by atoms with Gasteiger partial charge in [0.1, 0.15) is 0 Å². The molecule has 1 aromatic rings. The van der Waals surface area contributed by atoms with Gasteiger partial charge in [0.15, 0.2) is 0 Å². The molecule has 0 heterocycles. The van der Waals surface area contributed by atoms with Crippen LogP contribution in [0.2, 0.25) is 0 Å². The van der Waals surface area contributed by atoms with Crippen molar-refractivity contribution in [1.82, 2.24) is 5.32 Å². The largest absolute Gasteiger partial charge is 0.377 e. The third-order valence-electron chi connectivity index (χ3n) is 3.24. The van der Waals surface area contributed by atoms with E-state index in [4.69, 9.17) is 10.5 Å². The lowest BCUT2D eigenvalue weighted by Gasteiger charge is -2.16. The zero-order valence-corrected chi connectivity index (χ0v) is 12.0. The number of hydrogen-bond acceptors (Lipinski definition) is 3. The lowest BCUT2D eigenvalue weighted by atomic mass is 10.0. The van der Waals surface area contributed by atoms with Gasteiger partial charge in [-0.05, 0) is 25.0 Å². The first-order chi connectivity index (χ1) is 9.06. The molecule has 2 unspecified atom stereocenters. The fourth-order valence-corrected chi connectivity index (χ4v) is 1.66. The van der Waals surface area contributed by atoms with Crippen molar-refractivity contribution in [3.8, 4) is 0 Å². The maximum Gasteiger partial charge on any atom is 0.224 e. The second-order valence-electron chi connectivity index (χ2n) is 4.77. The minimum Gasteiger partial charge on any atom is -0.377 e. The van der Waals surface area contributed by atoms with Gasteiger partial charge < -0.3 is 15.8 Å². The van der Waals surface area contributed by atoms with Crippen LogP contribution in [0.25, 0.3) is 0 Å². The van der Waals surface area contributed by atoms with Gasteiger partial charge in [-0.15, -0.1) is 0 Å². The van der Waals surface area contributed by atoms with Crippen molar-refractivity contribution >= 4 is 5.91 Å². The van der Waals surface area contributed by atoms with Crippen molar-refractivity contribution < 1.29 is 9.53 Å². The fraction of sp³-hybridized carbons (Fsp3) is 0.533. The smallest absolute Gasteiger partial charge is 0.224 e. The molecule has 0 spiro atoms. The summed E-state index contributed by atoms with van der Waals surface area (Å²) in [5, 5.41) is 2.92. The Balaban J connectivity index is 2.59. The molecule has 1 amide bonds. The summed E-state index contributed by atoms with van der Waals surface area (Å²) < 4.78 is 5.42. The van der Waals surface area contributed by atoms with Crippen LogP contribution in [0, 0.1) is 5.92 Å². The summed E-state index contributed by atoms with van der Waals surface area (Å²) in [6.07, 6.45) is 0. The summed E-state index contributed by atoms with van der Waals surface area (Å²) in [5.74, 6) is -0.194. The van der Waals surface area contributed by atoms with Crippen LogP contribution in [0.5, 0.6) is 0 Å². The zero-order chi connectivity index (χ0) is 14.3. The van der Waals surface area contributed by atoms with Crippen LogP contribution in [0.3, 0.4) is 0 Å². The van der Waals surface area contributed by atoms with E-state index in [1.165, 1.54) is 0 Å². The maximum absolute atomic E-state index is 11.9. The van der Waals surface area contributed by atoms with Crippen LogP contribution in [0.1, 0.15) is 31.9 Å². The highest BCUT2D eigenvalue weighted by Crippen LogP contribution is 2.10. The first-order valence-electron chi connectivity index (χ1n) is 6.74. The van der Waals surface area contributed by atoms with E-state index in [1.807, 2.05) is 45.0 Å². The van der Waals surface area contributed by atoms with Crippen LogP contribution in [0.15, 0.2) is 24.3 Å². The predicted molar refractivity (Wildman–Crippen MR) is 76.4 cm³/mol. The molecule has 4 nitrogen and oxygen atoms in total. The quantitative estimate of drug-likeness (QED) is 0.789. The average Bonchev–Trinajstić information content (AvgIpc) is 2.42. The summed E-state index contributed by atoms with van der Waals surface area (Å²) in [6, 6.07) is 7.83. The second-order valence-corrected chi connectivity index (χ2v) is 4.77. The summed E-state index contributed by atoms with van der Waals surface area (Å²) in [5.41, 5.74) is 7.91. The van der Waals surface area contributed by atoms with E-state index >= 15 is 0 Å². The number of hydrogen-bond donors (Lipinski definition) is 2. The van der Waals surface area contributed by atoms with Gasteiger partial charge in [-0.25, -0.2) is 0 Å². The normalized spacial score (nSPS) is 13.9. The Bertz CT molecular complexity index is 405. The van der Waals surface area contributed by atoms with E-state index in [9.17, 15) is 4.79 Å². The monoisotopic (exact) mass is 264 g/mol. The summed E-state index contributed by atoms with van der Waals surface area (Å²) >= 11 is 0. The van der Waals surface area contributed by atoms with E-state index in [0.717, 1.165) is 11.1 Å². The molecule has 0 aliphatic rings. The average molecular weight is 264 g/mol. The highest BCUT2D eigenvalue weighted by molar-refractivity contribution is 5.78. The molecule has 19 heavy (non-hydrogen) atoms. The Morgan fingerprint density at radius 2 is 1.95 bits per heavy atom. The number of carbonyl (C=O) groups excluding carboxylic acids is 1. The number of carbonyl (C=O) groups is 1. The standard InChI is InChI=1S/C15H24N2O2/c1-4-19-10-14-8-6-5-7-13(14)9-17-15(18)11(2)12(3)16/h5-8,11-12H,4,9-10,16H2,1-3H3,(H,17,18). The maximum atomic E-state index is 11.9. The molecule has 3 N–H and O–H groups in total. The lowest BCUT2D eigenvalue weighted by Crippen LogP contribution is -2.38. The number of benzene rings is 1. The molecule has 0 saturated heterocycles. The Kier molecular flexibility index (Phi) is 6.53. The molecule has 0 bridgehead atoms. The van der Waals surface area contributed by atoms with Crippen molar-refractivity contribution in [2.75, 3.05) is 6.61 Å². The molecular formula is C15H24N2O2. The first-order valence-corrected chi connectivity index (χ1v) is 6.74. The van der Waals surface area contributed by atoms with Crippen LogP contribution in [-0.4, -0.2) is 18.6 Å². The Morgan fingerprint density at radius 3 is 2.53 bits per heavy atom. The lowest BCUT2D eigenvalue weighted by molar-refractivity contribution is -0.125. The Hall–Kier alpha value is -1.39. The highest BCUT2D eigenvalue weighted by atomic mass is 16.5. The van der Waals surface area contributed by atoms with Gasteiger partial charge >= 0.3 is 0 Å². The molecule has 0 saturated carbocycles. The number of nitrogens with two attached hydrogens (primary N) is 1. The van der Waals surface area contributed by atoms with Gasteiger partial charge in [-0.1, -0.05) is 31.2 Å². The SMILES string of the molecule is CCOCc1ccccc1CNC(=O)C(C)C(C)N.